The third kappa shape index (κ3) is 3.64. The number of carbonyl (C=O) groups excluding carboxylic acids is 2. The summed E-state index contributed by atoms with van der Waals surface area (Å²) in [6.07, 6.45) is 2.58. The Kier molecular flexibility index (Phi) is 5.00. The van der Waals surface area contributed by atoms with E-state index in [0.29, 0.717) is 29.5 Å². The van der Waals surface area contributed by atoms with Gasteiger partial charge in [0.05, 0.1) is 12.8 Å². The van der Waals surface area contributed by atoms with Crippen molar-refractivity contribution >= 4 is 28.8 Å². The lowest BCUT2D eigenvalue weighted by Gasteiger charge is -2.34. The molecule has 1 heterocycles. The van der Waals surface area contributed by atoms with Crippen molar-refractivity contribution in [3.05, 3.63) is 35.3 Å². The van der Waals surface area contributed by atoms with Crippen LogP contribution in [0, 0.1) is 18.8 Å². The molecule has 2 N–H and O–H groups in total. The van der Waals surface area contributed by atoms with Gasteiger partial charge in [-0.1, -0.05) is 17.4 Å². The first kappa shape index (κ1) is 17.4. The monoisotopic (exact) mass is 361 g/mol. The van der Waals surface area contributed by atoms with E-state index in [2.05, 4.69) is 4.98 Å². The Hall–Kier alpha value is -2.45. The Morgan fingerprint density at radius 3 is 2.68 bits per heavy atom. The van der Waals surface area contributed by atoms with Crippen LogP contribution < -0.4 is 15.5 Å². The molecule has 0 unspecified atom stereocenters. The molecule has 2 amide bonds. The molecule has 0 atom stereocenters. The van der Waals surface area contributed by atoms with E-state index < -0.39 is 0 Å². The van der Waals surface area contributed by atoms with Crippen molar-refractivity contribution in [3.63, 3.8) is 0 Å². The van der Waals surface area contributed by atoms with Crippen LogP contribution in [0.1, 0.15) is 18.4 Å². The molecular formula is C17H19N3O4S. The minimum atomic E-state index is -0.359. The third-order valence-corrected chi connectivity index (χ3v) is 4.93. The molecule has 1 aromatic heterocycles. The predicted octanol–water partition coefficient (Wildman–Crippen LogP) is 2.65. The van der Waals surface area contributed by atoms with Crippen LogP contribution in [0.2, 0.25) is 0 Å². The van der Waals surface area contributed by atoms with E-state index in [0.717, 1.165) is 5.56 Å². The minimum absolute atomic E-state index is 0.191. The average molecular weight is 361 g/mol. The van der Waals surface area contributed by atoms with E-state index in [1.807, 2.05) is 18.4 Å². The maximum absolute atomic E-state index is 12.6. The molecule has 1 aliphatic carbocycles. The van der Waals surface area contributed by atoms with Crippen LogP contribution in [0.4, 0.5) is 5.69 Å². The summed E-state index contributed by atoms with van der Waals surface area (Å²) in [4.78, 5) is 33.2. The van der Waals surface area contributed by atoms with Crippen LogP contribution in [0.15, 0.2) is 29.8 Å². The number of benzene rings is 1. The first-order valence-electron chi connectivity index (χ1n) is 7.85. The normalized spacial score (nSPS) is 19.1. The van der Waals surface area contributed by atoms with E-state index >= 15 is 0 Å². The zero-order valence-electron chi connectivity index (χ0n) is 14.0. The Morgan fingerprint density at radius 1 is 1.32 bits per heavy atom. The van der Waals surface area contributed by atoms with Gasteiger partial charge in [-0.15, -0.1) is 0 Å². The molecule has 3 rings (SSSR count). The van der Waals surface area contributed by atoms with Gasteiger partial charge in [0.2, 0.25) is 5.91 Å². The van der Waals surface area contributed by atoms with Crippen LogP contribution in [0.25, 0.3) is 0 Å². The third-order valence-electron chi connectivity index (χ3n) is 4.29. The molecule has 7 nitrogen and oxygen atoms in total. The highest BCUT2D eigenvalue weighted by Crippen LogP contribution is 2.37. The maximum atomic E-state index is 12.6. The fourth-order valence-electron chi connectivity index (χ4n) is 2.72. The van der Waals surface area contributed by atoms with Gasteiger partial charge in [0, 0.05) is 29.5 Å². The Bertz CT molecular complexity index is 772. The van der Waals surface area contributed by atoms with Gasteiger partial charge in [0.15, 0.2) is 0 Å². The van der Waals surface area contributed by atoms with E-state index in [1.54, 1.807) is 18.3 Å². The number of aromatic nitrogens is 1. The van der Waals surface area contributed by atoms with Crippen molar-refractivity contribution in [2.45, 2.75) is 19.8 Å². The fraction of sp³-hybridized carbons (Fsp3) is 0.353. The molecule has 132 valence electrons. The largest absolute Gasteiger partial charge is 0.431 e. The molecule has 25 heavy (non-hydrogen) atoms. The highest BCUT2D eigenvalue weighted by atomic mass is 32.1. The van der Waals surface area contributed by atoms with Gasteiger partial charge in [-0.3, -0.25) is 14.4 Å². The van der Waals surface area contributed by atoms with E-state index in [1.165, 1.54) is 23.5 Å². The van der Waals surface area contributed by atoms with Crippen molar-refractivity contribution in [1.29, 1.82) is 0 Å². The second-order valence-electron chi connectivity index (χ2n) is 5.93. The second kappa shape index (κ2) is 7.20. The van der Waals surface area contributed by atoms with Gasteiger partial charge in [0.1, 0.15) is 5.75 Å². The lowest BCUT2D eigenvalue weighted by Crippen LogP contribution is -2.45. The number of carbonyl (C=O) groups is 2. The number of nitrogens with zero attached hydrogens (tertiary/aromatic N) is 2. The summed E-state index contributed by atoms with van der Waals surface area (Å²) < 4.78 is 5.77. The number of nitrogens with two attached hydrogens (primary N) is 1. The van der Waals surface area contributed by atoms with Crippen LogP contribution in [0.3, 0.4) is 0 Å². The van der Waals surface area contributed by atoms with Crippen LogP contribution in [0.5, 0.6) is 10.9 Å². The van der Waals surface area contributed by atoms with Crippen LogP contribution >= 0.6 is 11.3 Å². The first-order valence-corrected chi connectivity index (χ1v) is 8.73. The Labute approximate surface area is 149 Å². The topological polar surface area (TPSA) is 94.8 Å². The highest BCUT2D eigenvalue weighted by Gasteiger charge is 2.40. The van der Waals surface area contributed by atoms with Gasteiger partial charge >= 0.3 is 0 Å². The van der Waals surface area contributed by atoms with Gasteiger partial charge in [-0.25, -0.2) is 4.98 Å². The summed E-state index contributed by atoms with van der Waals surface area (Å²) >= 11 is 1.38. The number of thiazole rings is 1. The molecule has 0 bridgehead atoms. The fourth-order valence-corrected chi connectivity index (χ4v) is 3.22. The van der Waals surface area contributed by atoms with E-state index in [4.69, 9.17) is 15.3 Å². The molecule has 0 radical (unpaired) electrons. The summed E-state index contributed by atoms with van der Waals surface area (Å²) in [5.41, 5.74) is 6.74. The summed E-state index contributed by atoms with van der Waals surface area (Å²) in [6, 6.07) is 5.38. The number of rotatable bonds is 6. The van der Waals surface area contributed by atoms with Gasteiger partial charge < -0.3 is 10.5 Å². The standard InChI is InChI=1S/C17H19N3O4S/c1-10-3-4-13(9-14(10)24-17-19-5-6-25-17)20(23-2)16(22)12-7-11(8-12)15(18)21/h3-6,9,11-12H,7-8H2,1-2H3,(H2,18,21). The lowest BCUT2D eigenvalue weighted by atomic mass is 9.74. The Balaban J connectivity index is 1.77. The van der Waals surface area contributed by atoms with Crippen LogP contribution in [-0.4, -0.2) is 23.9 Å². The number of hydroxylamine groups is 1. The predicted molar refractivity (Wildman–Crippen MR) is 93.3 cm³/mol. The summed E-state index contributed by atoms with van der Waals surface area (Å²) in [5.74, 6) is -0.436. The molecule has 1 saturated carbocycles. The molecule has 2 aromatic rings. The van der Waals surface area contributed by atoms with Crippen molar-refractivity contribution in [2.24, 2.45) is 17.6 Å². The van der Waals surface area contributed by atoms with Crippen molar-refractivity contribution in [3.8, 4) is 10.9 Å². The molecule has 8 heteroatoms. The number of amides is 2. The van der Waals surface area contributed by atoms with Crippen molar-refractivity contribution < 1.29 is 19.2 Å². The number of hydrogen-bond donors (Lipinski definition) is 1. The van der Waals surface area contributed by atoms with Crippen molar-refractivity contribution in [2.75, 3.05) is 12.2 Å². The average Bonchev–Trinajstić information content (AvgIpc) is 3.02. The highest BCUT2D eigenvalue weighted by molar-refractivity contribution is 7.11. The Morgan fingerprint density at radius 2 is 2.08 bits per heavy atom. The number of ether oxygens (including phenoxy) is 1. The molecule has 1 fully saturated rings. The molecular weight excluding hydrogens is 342 g/mol. The van der Waals surface area contributed by atoms with Gasteiger partial charge in [-0.2, -0.15) is 5.06 Å². The van der Waals surface area contributed by atoms with Crippen LogP contribution in [-0.2, 0) is 14.4 Å². The molecule has 1 aromatic carbocycles. The summed E-state index contributed by atoms with van der Waals surface area (Å²) in [7, 11) is 1.43. The SMILES string of the molecule is CON(C(=O)C1CC(C(N)=O)C1)c1ccc(C)c(Oc2nccs2)c1. The van der Waals surface area contributed by atoms with E-state index in [-0.39, 0.29) is 23.7 Å². The van der Waals surface area contributed by atoms with Gasteiger partial charge in [0.25, 0.3) is 11.1 Å². The van der Waals surface area contributed by atoms with Crippen molar-refractivity contribution in [1.82, 2.24) is 4.98 Å². The zero-order valence-corrected chi connectivity index (χ0v) is 14.8. The molecule has 0 aliphatic heterocycles. The smallest absolute Gasteiger partial charge is 0.278 e. The zero-order chi connectivity index (χ0) is 18.0. The minimum Gasteiger partial charge on any atom is -0.431 e. The number of primary amides is 1. The molecule has 0 saturated heterocycles. The number of aryl methyl sites for hydroxylation is 1. The summed E-state index contributed by atoms with van der Waals surface area (Å²) in [5, 5.41) is 3.58. The molecule has 0 spiro atoms. The second-order valence-corrected chi connectivity index (χ2v) is 6.79. The first-order chi connectivity index (χ1) is 12.0. The number of hydrogen-bond acceptors (Lipinski definition) is 6. The quantitative estimate of drug-likeness (QED) is 0.798. The molecule has 1 aliphatic rings. The number of anilines is 1. The maximum Gasteiger partial charge on any atom is 0.278 e. The van der Waals surface area contributed by atoms with Gasteiger partial charge in [-0.05, 0) is 31.4 Å². The summed E-state index contributed by atoms with van der Waals surface area (Å²) in [6.45, 7) is 1.91. The van der Waals surface area contributed by atoms with E-state index in [9.17, 15) is 9.59 Å². The lowest BCUT2D eigenvalue weighted by molar-refractivity contribution is -0.136.